The zero-order valence-corrected chi connectivity index (χ0v) is 11.1. The third kappa shape index (κ3) is 1.74. The third-order valence-corrected chi connectivity index (χ3v) is 4.33. The largest absolute Gasteiger partial charge is 0.385 e. The number of nitrogens with zero attached hydrogens (tertiary/aromatic N) is 1. The van der Waals surface area contributed by atoms with Crippen LogP contribution in [0.1, 0.15) is 24.8 Å². The van der Waals surface area contributed by atoms with Gasteiger partial charge in [-0.2, -0.15) is 0 Å². The number of aromatic nitrogens is 2. The van der Waals surface area contributed by atoms with E-state index in [1.54, 1.807) is 0 Å². The van der Waals surface area contributed by atoms with Gasteiger partial charge in [0.1, 0.15) is 0 Å². The molecule has 2 heterocycles. The highest BCUT2D eigenvalue weighted by molar-refractivity contribution is 5.80. The van der Waals surface area contributed by atoms with Gasteiger partial charge >= 0.3 is 0 Å². The van der Waals surface area contributed by atoms with Crippen molar-refractivity contribution in [2.24, 2.45) is 0 Å². The smallest absolute Gasteiger partial charge is 0.0896 e. The van der Waals surface area contributed by atoms with Crippen molar-refractivity contribution in [2.45, 2.75) is 24.9 Å². The maximum Gasteiger partial charge on any atom is 0.0896 e. The average Bonchev–Trinajstić information content (AvgIpc) is 2.92. The van der Waals surface area contributed by atoms with E-state index in [0.29, 0.717) is 0 Å². The Labute approximate surface area is 117 Å². The molecule has 0 bridgehead atoms. The molecule has 3 heteroatoms. The van der Waals surface area contributed by atoms with Gasteiger partial charge in [-0.3, -0.25) is 4.98 Å². The molecule has 1 saturated carbocycles. The van der Waals surface area contributed by atoms with Crippen LogP contribution in [-0.4, -0.2) is 15.1 Å². The molecule has 0 aliphatic heterocycles. The highest BCUT2D eigenvalue weighted by Crippen LogP contribution is 2.41. The Morgan fingerprint density at radius 3 is 2.55 bits per heavy atom. The lowest BCUT2D eigenvalue weighted by molar-refractivity contribution is -0.0387. The van der Waals surface area contributed by atoms with E-state index < -0.39 is 5.60 Å². The Bertz CT molecular complexity index is 754. The summed E-state index contributed by atoms with van der Waals surface area (Å²) in [7, 11) is 0. The van der Waals surface area contributed by atoms with Gasteiger partial charge in [-0.25, -0.2) is 0 Å². The van der Waals surface area contributed by atoms with Gasteiger partial charge in [0.15, 0.2) is 0 Å². The molecule has 2 aromatic heterocycles. The van der Waals surface area contributed by atoms with E-state index in [4.69, 9.17) is 0 Å². The molecule has 0 unspecified atom stereocenters. The van der Waals surface area contributed by atoms with Crippen molar-refractivity contribution >= 4 is 11.0 Å². The number of H-pyrrole nitrogens is 1. The number of fused-ring (bicyclic) bond motifs is 1. The maximum absolute atomic E-state index is 10.3. The molecular formula is C17H16N2O. The number of aliphatic hydroxyl groups is 1. The highest BCUT2D eigenvalue weighted by Gasteiger charge is 2.35. The lowest BCUT2D eigenvalue weighted by atomic mass is 9.75. The van der Waals surface area contributed by atoms with Gasteiger partial charge in [-0.15, -0.1) is 0 Å². The van der Waals surface area contributed by atoms with Gasteiger partial charge in [0, 0.05) is 18.0 Å². The second kappa shape index (κ2) is 4.18. The molecule has 0 spiro atoms. The lowest BCUT2D eigenvalue weighted by Crippen LogP contribution is -2.33. The topological polar surface area (TPSA) is 48.9 Å². The van der Waals surface area contributed by atoms with Gasteiger partial charge in [0.2, 0.25) is 0 Å². The van der Waals surface area contributed by atoms with Crippen molar-refractivity contribution in [3.05, 3.63) is 54.4 Å². The molecule has 2 N–H and O–H groups in total. The monoisotopic (exact) mass is 264 g/mol. The summed E-state index contributed by atoms with van der Waals surface area (Å²) in [6.45, 7) is 0. The van der Waals surface area contributed by atoms with Crippen LogP contribution in [0.5, 0.6) is 0 Å². The van der Waals surface area contributed by atoms with Crippen molar-refractivity contribution in [2.75, 3.05) is 0 Å². The van der Waals surface area contributed by atoms with Crippen LogP contribution < -0.4 is 0 Å². The standard InChI is InChI=1S/C17H16N2O/c20-17(7-1-8-17)14-4-2-12(3-5-14)13-10-16-15(19-11-13)6-9-18-16/h2-6,9-11,18,20H,1,7-8H2. The van der Waals surface area contributed by atoms with Crippen LogP contribution in [0, 0.1) is 0 Å². The fourth-order valence-electron chi connectivity index (χ4n) is 2.87. The van der Waals surface area contributed by atoms with Crippen LogP contribution >= 0.6 is 0 Å². The average molecular weight is 264 g/mol. The fourth-order valence-corrected chi connectivity index (χ4v) is 2.87. The van der Waals surface area contributed by atoms with E-state index in [1.807, 2.05) is 30.6 Å². The van der Waals surface area contributed by atoms with Gasteiger partial charge in [-0.05, 0) is 42.5 Å². The van der Waals surface area contributed by atoms with Gasteiger partial charge < -0.3 is 10.1 Å². The molecule has 100 valence electrons. The van der Waals surface area contributed by atoms with E-state index in [9.17, 15) is 5.11 Å². The summed E-state index contributed by atoms with van der Waals surface area (Å²) in [4.78, 5) is 7.62. The van der Waals surface area contributed by atoms with E-state index in [2.05, 4.69) is 28.2 Å². The summed E-state index contributed by atoms with van der Waals surface area (Å²) in [5.41, 5.74) is 4.69. The van der Waals surface area contributed by atoms with E-state index in [-0.39, 0.29) is 0 Å². The van der Waals surface area contributed by atoms with Crippen LogP contribution in [0.25, 0.3) is 22.2 Å². The molecule has 0 radical (unpaired) electrons. The third-order valence-electron chi connectivity index (χ3n) is 4.33. The molecule has 0 atom stereocenters. The highest BCUT2D eigenvalue weighted by atomic mass is 16.3. The Kier molecular flexibility index (Phi) is 2.44. The summed E-state index contributed by atoms with van der Waals surface area (Å²) in [5.74, 6) is 0. The van der Waals surface area contributed by atoms with Gasteiger partial charge in [0.05, 0.1) is 16.6 Å². The number of hydrogen-bond donors (Lipinski definition) is 2. The molecule has 0 amide bonds. The van der Waals surface area contributed by atoms with Crippen LogP contribution in [0.15, 0.2) is 48.8 Å². The van der Waals surface area contributed by atoms with Crippen molar-refractivity contribution < 1.29 is 5.11 Å². The fraction of sp³-hybridized carbons (Fsp3) is 0.235. The predicted molar refractivity (Wildman–Crippen MR) is 79.3 cm³/mol. The Hall–Kier alpha value is -2.13. The van der Waals surface area contributed by atoms with Gasteiger partial charge in [-0.1, -0.05) is 24.3 Å². The van der Waals surface area contributed by atoms with Crippen LogP contribution in [0.4, 0.5) is 0 Å². The minimum Gasteiger partial charge on any atom is -0.385 e. The summed E-state index contributed by atoms with van der Waals surface area (Å²) in [6, 6.07) is 12.3. The second-order valence-corrected chi connectivity index (χ2v) is 5.60. The Morgan fingerprint density at radius 2 is 1.85 bits per heavy atom. The minimum absolute atomic E-state index is 0.583. The molecular weight excluding hydrogens is 248 g/mol. The lowest BCUT2D eigenvalue weighted by Gasteiger charge is -2.37. The number of nitrogens with one attached hydrogen (secondary N) is 1. The van der Waals surface area contributed by atoms with E-state index in [1.165, 1.54) is 0 Å². The zero-order chi connectivity index (χ0) is 13.6. The first-order valence-electron chi connectivity index (χ1n) is 7.01. The molecule has 4 rings (SSSR count). The summed E-state index contributed by atoms with van der Waals surface area (Å²) < 4.78 is 0. The first-order chi connectivity index (χ1) is 9.74. The van der Waals surface area contributed by atoms with Crippen LogP contribution in [0.2, 0.25) is 0 Å². The molecule has 1 aromatic carbocycles. The molecule has 3 nitrogen and oxygen atoms in total. The summed E-state index contributed by atoms with van der Waals surface area (Å²) in [5, 5.41) is 10.3. The molecule has 0 saturated heterocycles. The quantitative estimate of drug-likeness (QED) is 0.743. The van der Waals surface area contributed by atoms with Crippen molar-refractivity contribution in [3.8, 4) is 11.1 Å². The summed E-state index contributed by atoms with van der Waals surface area (Å²) in [6.07, 6.45) is 6.66. The molecule has 3 aromatic rings. The molecule has 20 heavy (non-hydrogen) atoms. The van der Waals surface area contributed by atoms with Crippen LogP contribution in [-0.2, 0) is 5.60 Å². The molecule has 1 fully saturated rings. The van der Waals surface area contributed by atoms with E-state index in [0.717, 1.165) is 47.0 Å². The minimum atomic E-state index is -0.583. The molecule has 1 aliphatic carbocycles. The number of hydrogen-bond acceptors (Lipinski definition) is 2. The number of benzene rings is 1. The predicted octanol–water partition coefficient (Wildman–Crippen LogP) is 3.60. The zero-order valence-electron chi connectivity index (χ0n) is 11.1. The maximum atomic E-state index is 10.3. The van der Waals surface area contributed by atoms with Crippen molar-refractivity contribution in [1.29, 1.82) is 0 Å². The second-order valence-electron chi connectivity index (χ2n) is 5.60. The normalized spacial score (nSPS) is 17.1. The first kappa shape index (κ1) is 11.7. The Balaban J connectivity index is 1.71. The number of rotatable bonds is 2. The Morgan fingerprint density at radius 1 is 1.05 bits per heavy atom. The van der Waals surface area contributed by atoms with Gasteiger partial charge in [0.25, 0.3) is 0 Å². The van der Waals surface area contributed by atoms with E-state index >= 15 is 0 Å². The number of aromatic amines is 1. The SMILES string of the molecule is OC1(c2ccc(-c3cnc4cc[nH]c4c3)cc2)CCC1. The van der Waals surface area contributed by atoms with Crippen LogP contribution in [0.3, 0.4) is 0 Å². The summed E-state index contributed by atoms with van der Waals surface area (Å²) >= 11 is 0. The first-order valence-corrected chi connectivity index (χ1v) is 7.01. The van der Waals surface area contributed by atoms with Crippen molar-refractivity contribution in [1.82, 2.24) is 9.97 Å². The molecule has 1 aliphatic rings. The number of pyridine rings is 1. The van der Waals surface area contributed by atoms with Crippen molar-refractivity contribution in [3.63, 3.8) is 0 Å².